The molecule has 33 heavy (non-hydrogen) atoms. The molecule has 0 atom stereocenters. The molecule has 2 N–H and O–H groups in total. The summed E-state index contributed by atoms with van der Waals surface area (Å²) in [5.74, 6) is 0. The molecule has 164 valence electrons. The Morgan fingerprint density at radius 3 is 1.48 bits per heavy atom. The third-order valence-corrected chi connectivity index (χ3v) is 10.1. The number of nitrogen functional groups attached to an aromatic ring is 1. The van der Waals surface area contributed by atoms with Crippen LogP contribution in [0.4, 0.5) is 18.9 Å². The van der Waals surface area contributed by atoms with Gasteiger partial charge in [-0.3, -0.25) is 0 Å². The fourth-order valence-electron chi connectivity index (χ4n) is 4.26. The Balaban J connectivity index is 2.10. The average Bonchev–Trinajstić information content (AvgIpc) is 2.84. The SMILES string of the molecule is N#Cc1ccc(N)c(C[P+](c2ccccc2)(c2ccccc2)c2ccccc2)c1C(F)(F)F. The highest BCUT2D eigenvalue weighted by Gasteiger charge is 2.48. The molecule has 0 fully saturated rings. The second-order valence-corrected chi connectivity index (χ2v) is 11.1. The van der Waals surface area contributed by atoms with E-state index in [1.165, 1.54) is 6.07 Å². The van der Waals surface area contributed by atoms with Gasteiger partial charge in [-0.05, 0) is 48.5 Å². The average molecular weight is 461 g/mol. The van der Waals surface area contributed by atoms with Crippen LogP contribution in [0.5, 0.6) is 0 Å². The third kappa shape index (κ3) is 4.23. The highest BCUT2D eigenvalue weighted by molar-refractivity contribution is 7.95. The fourth-order valence-corrected chi connectivity index (χ4v) is 8.56. The van der Waals surface area contributed by atoms with E-state index < -0.39 is 24.6 Å². The molecule has 0 saturated carbocycles. The topological polar surface area (TPSA) is 49.8 Å². The van der Waals surface area contributed by atoms with Gasteiger partial charge in [0.2, 0.25) is 0 Å². The maximum Gasteiger partial charge on any atom is 0.418 e. The minimum absolute atomic E-state index is 0.0356. The van der Waals surface area contributed by atoms with E-state index in [1.807, 2.05) is 91.0 Å². The van der Waals surface area contributed by atoms with Crippen molar-refractivity contribution in [3.63, 3.8) is 0 Å². The van der Waals surface area contributed by atoms with Gasteiger partial charge in [-0.25, -0.2) is 0 Å². The Labute approximate surface area is 191 Å². The van der Waals surface area contributed by atoms with Gasteiger partial charge in [0.25, 0.3) is 0 Å². The van der Waals surface area contributed by atoms with E-state index in [1.54, 1.807) is 6.07 Å². The van der Waals surface area contributed by atoms with Crippen molar-refractivity contribution in [2.75, 3.05) is 5.73 Å². The normalized spacial score (nSPS) is 11.7. The fraction of sp³-hybridized carbons (Fsp3) is 0.0741. The molecule has 2 nitrogen and oxygen atoms in total. The highest BCUT2D eigenvalue weighted by atomic mass is 31.2. The minimum Gasteiger partial charge on any atom is -0.398 e. The number of anilines is 1. The Kier molecular flexibility index (Phi) is 6.22. The zero-order valence-electron chi connectivity index (χ0n) is 17.6. The molecule has 0 aliphatic heterocycles. The summed E-state index contributed by atoms with van der Waals surface area (Å²) in [6, 6.07) is 33.1. The molecule has 0 spiro atoms. The number of nitriles is 1. The van der Waals surface area contributed by atoms with Gasteiger partial charge in [0, 0.05) is 11.3 Å². The standard InChI is InChI=1S/C27H21F3N2P/c28-27(29,30)26-20(18-31)16-17-25(32)24(26)19-33(21-10-4-1-5-11-21,22-12-6-2-7-13-22)23-14-8-3-9-15-23/h1-17H,19,32H2/q+1. The number of benzene rings is 4. The van der Waals surface area contributed by atoms with E-state index in [0.29, 0.717) is 0 Å². The third-order valence-electron chi connectivity index (χ3n) is 5.74. The number of nitrogens with two attached hydrogens (primary N) is 1. The van der Waals surface area contributed by atoms with E-state index in [4.69, 9.17) is 5.73 Å². The first-order chi connectivity index (χ1) is 15.9. The van der Waals surface area contributed by atoms with Gasteiger partial charge in [0.05, 0.1) is 17.2 Å². The summed E-state index contributed by atoms with van der Waals surface area (Å²) < 4.78 is 42.8. The molecule has 0 radical (unpaired) electrons. The molecule has 0 unspecified atom stereocenters. The van der Waals surface area contributed by atoms with Gasteiger partial charge in [-0.15, -0.1) is 0 Å². The van der Waals surface area contributed by atoms with Crippen LogP contribution < -0.4 is 21.6 Å². The van der Waals surface area contributed by atoms with E-state index in [9.17, 15) is 18.4 Å². The number of rotatable bonds is 5. The van der Waals surface area contributed by atoms with Gasteiger partial charge in [0.15, 0.2) is 0 Å². The first-order valence-corrected chi connectivity index (χ1v) is 12.3. The lowest BCUT2D eigenvalue weighted by atomic mass is 10.0. The van der Waals surface area contributed by atoms with Crippen molar-refractivity contribution in [1.29, 1.82) is 5.26 Å². The van der Waals surface area contributed by atoms with Gasteiger partial charge in [0.1, 0.15) is 29.3 Å². The van der Waals surface area contributed by atoms with E-state index in [-0.39, 0.29) is 17.4 Å². The minimum atomic E-state index is -4.71. The number of halogens is 3. The van der Waals surface area contributed by atoms with Crippen molar-refractivity contribution < 1.29 is 13.2 Å². The molecular weight excluding hydrogens is 440 g/mol. The largest absolute Gasteiger partial charge is 0.418 e. The molecule has 0 aromatic heterocycles. The Morgan fingerprint density at radius 1 is 0.697 bits per heavy atom. The van der Waals surface area contributed by atoms with E-state index in [0.717, 1.165) is 22.0 Å². The summed E-state index contributed by atoms with van der Waals surface area (Å²) in [6.45, 7) is 0. The maximum absolute atomic E-state index is 14.3. The van der Waals surface area contributed by atoms with Crippen LogP contribution in [0.25, 0.3) is 0 Å². The quantitative estimate of drug-likeness (QED) is 0.308. The van der Waals surface area contributed by atoms with E-state index in [2.05, 4.69) is 0 Å². The van der Waals surface area contributed by atoms with Crippen LogP contribution >= 0.6 is 7.26 Å². The molecular formula is C27H21F3N2P+. The number of hydrogen-bond donors (Lipinski definition) is 1. The van der Waals surface area contributed by atoms with Crippen LogP contribution in [0, 0.1) is 11.3 Å². The molecule has 0 aliphatic rings. The highest BCUT2D eigenvalue weighted by Crippen LogP contribution is 2.59. The Hall–Kier alpha value is -3.61. The molecule has 6 heteroatoms. The van der Waals surface area contributed by atoms with Gasteiger partial charge < -0.3 is 5.73 Å². The summed E-state index contributed by atoms with van der Waals surface area (Å²) in [6.07, 6.45) is -4.67. The van der Waals surface area contributed by atoms with Crippen LogP contribution in [0.3, 0.4) is 0 Å². The van der Waals surface area contributed by atoms with Crippen molar-refractivity contribution >= 4 is 28.9 Å². The second kappa shape index (κ2) is 9.10. The van der Waals surface area contributed by atoms with Gasteiger partial charge in [-0.2, -0.15) is 18.4 Å². The van der Waals surface area contributed by atoms with E-state index >= 15 is 0 Å². The van der Waals surface area contributed by atoms with Crippen LogP contribution in [0.15, 0.2) is 103 Å². The smallest absolute Gasteiger partial charge is 0.398 e. The number of alkyl halides is 3. The molecule has 0 amide bonds. The molecule has 0 bridgehead atoms. The zero-order valence-corrected chi connectivity index (χ0v) is 18.5. The van der Waals surface area contributed by atoms with Gasteiger partial charge >= 0.3 is 6.18 Å². The lowest BCUT2D eigenvalue weighted by Crippen LogP contribution is -2.33. The maximum atomic E-state index is 14.3. The summed E-state index contributed by atoms with van der Waals surface area (Å²) in [5.41, 5.74) is 4.83. The number of hydrogen-bond acceptors (Lipinski definition) is 2. The number of nitrogens with zero attached hydrogens (tertiary/aromatic N) is 1. The lowest BCUT2D eigenvalue weighted by Gasteiger charge is -2.29. The predicted octanol–water partition coefficient (Wildman–Crippen LogP) is 5.65. The summed E-state index contributed by atoms with van der Waals surface area (Å²) in [4.78, 5) is 0. The molecule has 4 rings (SSSR count). The van der Waals surface area contributed by atoms with Crippen LogP contribution in [0.2, 0.25) is 0 Å². The lowest BCUT2D eigenvalue weighted by molar-refractivity contribution is -0.138. The molecule has 0 saturated heterocycles. The Bertz CT molecular complexity index is 1190. The summed E-state index contributed by atoms with van der Waals surface area (Å²) >= 11 is 0. The molecule has 4 aromatic rings. The molecule has 0 heterocycles. The van der Waals surface area contributed by atoms with Crippen LogP contribution in [-0.2, 0) is 12.3 Å². The van der Waals surface area contributed by atoms with Crippen LogP contribution in [0.1, 0.15) is 16.7 Å². The summed E-state index contributed by atoms with van der Waals surface area (Å²) in [5, 5.41) is 12.3. The van der Waals surface area contributed by atoms with Crippen molar-refractivity contribution in [1.82, 2.24) is 0 Å². The predicted molar refractivity (Wildman–Crippen MR) is 129 cm³/mol. The van der Waals surface area contributed by atoms with Crippen molar-refractivity contribution in [3.8, 4) is 6.07 Å². The van der Waals surface area contributed by atoms with Crippen molar-refractivity contribution in [2.45, 2.75) is 12.3 Å². The summed E-state index contributed by atoms with van der Waals surface area (Å²) in [7, 11) is -2.62. The van der Waals surface area contributed by atoms with Crippen molar-refractivity contribution in [2.24, 2.45) is 0 Å². The molecule has 0 aliphatic carbocycles. The first kappa shape index (κ1) is 22.6. The van der Waals surface area contributed by atoms with Crippen LogP contribution in [-0.4, -0.2) is 0 Å². The van der Waals surface area contributed by atoms with Crippen molar-refractivity contribution in [3.05, 3.63) is 120 Å². The van der Waals surface area contributed by atoms with Gasteiger partial charge in [-0.1, -0.05) is 54.6 Å². The zero-order chi connectivity index (χ0) is 23.5. The monoisotopic (exact) mass is 461 g/mol. The first-order valence-electron chi connectivity index (χ1n) is 10.3. The second-order valence-electron chi connectivity index (χ2n) is 7.64. The Morgan fingerprint density at radius 2 is 1.12 bits per heavy atom. The molecule has 4 aromatic carbocycles.